The van der Waals surface area contributed by atoms with Crippen LogP contribution in [0.4, 0.5) is 0 Å². The molecule has 5 heteroatoms. The van der Waals surface area contributed by atoms with Gasteiger partial charge in [-0.2, -0.15) is 0 Å². The number of hydrogen-bond donors (Lipinski definition) is 3. The summed E-state index contributed by atoms with van der Waals surface area (Å²) in [5.41, 5.74) is 0. The van der Waals surface area contributed by atoms with Gasteiger partial charge in [-0.05, 0) is 20.5 Å². The van der Waals surface area contributed by atoms with Crippen molar-refractivity contribution in [2.75, 3.05) is 40.5 Å². The van der Waals surface area contributed by atoms with Crippen molar-refractivity contribution in [3.8, 4) is 0 Å². The van der Waals surface area contributed by atoms with Gasteiger partial charge in [0.15, 0.2) is 0 Å². The van der Waals surface area contributed by atoms with Gasteiger partial charge in [-0.1, -0.05) is 0 Å². The van der Waals surface area contributed by atoms with Gasteiger partial charge in [-0.3, -0.25) is 0 Å². The van der Waals surface area contributed by atoms with E-state index in [1.54, 1.807) is 0 Å². The SMILES string of the molecule is CN(C)CCC(O)COCC(O)CO. The second kappa shape index (κ2) is 8.14. The third-order valence-electron chi connectivity index (χ3n) is 1.74. The highest BCUT2D eigenvalue weighted by molar-refractivity contribution is 4.57. The van der Waals surface area contributed by atoms with Gasteiger partial charge >= 0.3 is 0 Å². The Morgan fingerprint density at radius 1 is 1.14 bits per heavy atom. The fraction of sp³-hybridized carbons (Fsp3) is 1.00. The fourth-order valence-corrected chi connectivity index (χ4v) is 0.883. The van der Waals surface area contributed by atoms with E-state index in [0.29, 0.717) is 6.42 Å². The molecular formula is C9H21NO4. The third-order valence-corrected chi connectivity index (χ3v) is 1.74. The Morgan fingerprint density at radius 2 is 1.71 bits per heavy atom. The molecule has 0 rings (SSSR count). The highest BCUT2D eigenvalue weighted by atomic mass is 16.5. The molecule has 0 aliphatic rings. The molecule has 5 nitrogen and oxygen atoms in total. The van der Waals surface area contributed by atoms with E-state index >= 15 is 0 Å². The summed E-state index contributed by atoms with van der Waals surface area (Å²) in [6.07, 6.45) is -0.721. The highest BCUT2D eigenvalue weighted by Gasteiger charge is 2.07. The largest absolute Gasteiger partial charge is 0.394 e. The van der Waals surface area contributed by atoms with Crippen molar-refractivity contribution in [1.29, 1.82) is 0 Å². The molecule has 0 amide bonds. The van der Waals surface area contributed by atoms with Gasteiger partial charge in [0.05, 0.1) is 25.9 Å². The monoisotopic (exact) mass is 207 g/mol. The fourth-order valence-electron chi connectivity index (χ4n) is 0.883. The molecule has 0 heterocycles. The van der Waals surface area contributed by atoms with Crippen LogP contribution in [0.3, 0.4) is 0 Å². The van der Waals surface area contributed by atoms with Crippen LogP contribution >= 0.6 is 0 Å². The first kappa shape index (κ1) is 13.8. The normalized spacial score (nSPS) is 15.9. The third kappa shape index (κ3) is 8.40. The van der Waals surface area contributed by atoms with Crippen molar-refractivity contribution in [2.24, 2.45) is 0 Å². The quantitative estimate of drug-likeness (QED) is 0.460. The van der Waals surface area contributed by atoms with Crippen molar-refractivity contribution >= 4 is 0 Å². The first-order chi connectivity index (χ1) is 6.56. The predicted molar refractivity (Wildman–Crippen MR) is 53.1 cm³/mol. The zero-order valence-corrected chi connectivity index (χ0v) is 8.89. The minimum atomic E-state index is -0.851. The molecule has 86 valence electrons. The standard InChI is InChI=1S/C9H21NO4/c1-10(2)4-3-8(12)6-14-7-9(13)5-11/h8-9,11-13H,3-7H2,1-2H3. The number of aliphatic hydroxyl groups excluding tert-OH is 3. The molecule has 0 aliphatic carbocycles. The van der Waals surface area contributed by atoms with Crippen LogP contribution < -0.4 is 0 Å². The Hall–Kier alpha value is -0.200. The van der Waals surface area contributed by atoms with Crippen molar-refractivity contribution in [3.63, 3.8) is 0 Å². The molecular weight excluding hydrogens is 186 g/mol. The predicted octanol–water partition coefficient (Wildman–Crippen LogP) is -1.33. The maximum absolute atomic E-state index is 9.39. The van der Waals surface area contributed by atoms with Crippen LogP contribution in [0, 0.1) is 0 Å². The Morgan fingerprint density at radius 3 is 2.21 bits per heavy atom. The minimum Gasteiger partial charge on any atom is -0.394 e. The maximum atomic E-state index is 9.39. The van der Waals surface area contributed by atoms with Gasteiger partial charge < -0.3 is 25.0 Å². The summed E-state index contributed by atoms with van der Waals surface area (Å²) in [5.74, 6) is 0. The van der Waals surface area contributed by atoms with Gasteiger partial charge in [0, 0.05) is 6.54 Å². The molecule has 0 aliphatic heterocycles. The lowest BCUT2D eigenvalue weighted by Crippen LogP contribution is -2.26. The summed E-state index contributed by atoms with van der Waals surface area (Å²) < 4.78 is 5.00. The van der Waals surface area contributed by atoms with Crippen LogP contribution in [0.15, 0.2) is 0 Å². The number of nitrogens with zero attached hydrogens (tertiary/aromatic N) is 1. The minimum absolute atomic E-state index is 0.0650. The van der Waals surface area contributed by atoms with Gasteiger partial charge in [0.1, 0.15) is 6.10 Å². The van der Waals surface area contributed by atoms with E-state index in [1.165, 1.54) is 0 Å². The Bertz CT molecular complexity index is 132. The molecule has 0 aromatic heterocycles. The Balaban J connectivity index is 3.30. The lowest BCUT2D eigenvalue weighted by atomic mass is 10.2. The molecule has 2 atom stereocenters. The molecule has 0 aromatic carbocycles. The van der Waals surface area contributed by atoms with Crippen LogP contribution in [0.5, 0.6) is 0 Å². The average Bonchev–Trinajstić information content (AvgIpc) is 2.14. The molecule has 14 heavy (non-hydrogen) atoms. The Labute approximate surface area is 84.9 Å². The van der Waals surface area contributed by atoms with E-state index in [9.17, 15) is 5.11 Å². The van der Waals surface area contributed by atoms with Crippen molar-refractivity contribution in [2.45, 2.75) is 18.6 Å². The summed E-state index contributed by atoms with van der Waals surface area (Å²) in [6, 6.07) is 0. The Kier molecular flexibility index (Phi) is 8.02. The van der Waals surface area contributed by atoms with Crippen LogP contribution in [0.1, 0.15) is 6.42 Å². The second-order valence-corrected chi connectivity index (χ2v) is 3.62. The molecule has 3 N–H and O–H groups in total. The van der Waals surface area contributed by atoms with Gasteiger partial charge in [-0.15, -0.1) is 0 Å². The van der Waals surface area contributed by atoms with Crippen LogP contribution in [0.2, 0.25) is 0 Å². The summed E-state index contributed by atoms with van der Waals surface area (Å²) in [7, 11) is 3.87. The van der Waals surface area contributed by atoms with E-state index in [-0.39, 0.29) is 19.8 Å². The maximum Gasteiger partial charge on any atom is 0.100 e. The smallest absolute Gasteiger partial charge is 0.100 e. The number of hydrogen-bond acceptors (Lipinski definition) is 5. The van der Waals surface area contributed by atoms with E-state index in [4.69, 9.17) is 14.9 Å². The summed E-state index contributed by atoms with van der Waals surface area (Å²) in [4.78, 5) is 1.98. The van der Waals surface area contributed by atoms with E-state index < -0.39 is 12.2 Å². The van der Waals surface area contributed by atoms with Gasteiger partial charge in [0.25, 0.3) is 0 Å². The zero-order chi connectivity index (χ0) is 11.0. The lowest BCUT2D eigenvalue weighted by molar-refractivity contribution is -0.0268. The van der Waals surface area contributed by atoms with Crippen LogP contribution in [0.25, 0.3) is 0 Å². The highest BCUT2D eigenvalue weighted by Crippen LogP contribution is 1.95. The zero-order valence-electron chi connectivity index (χ0n) is 8.89. The number of aliphatic hydroxyl groups is 3. The molecule has 0 radical (unpaired) electrons. The van der Waals surface area contributed by atoms with Crippen molar-refractivity contribution < 1.29 is 20.1 Å². The van der Waals surface area contributed by atoms with Gasteiger partial charge in [0.2, 0.25) is 0 Å². The molecule has 0 bridgehead atoms. The summed E-state index contributed by atoms with van der Waals surface area (Å²) in [6.45, 7) is 0.751. The molecule has 2 unspecified atom stereocenters. The van der Waals surface area contributed by atoms with Crippen LogP contribution in [-0.4, -0.2) is 72.9 Å². The second-order valence-electron chi connectivity index (χ2n) is 3.62. The molecule has 0 spiro atoms. The van der Waals surface area contributed by atoms with Gasteiger partial charge in [-0.25, -0.2) is 0 Å². The molecule has 0 saturated carbocycles. The first-order valence-electron chi connectivity index (χ1n) is 4.75. The molecule has 0 saturated heterocycles. The lowest BCUT2D eigenvalue weighted by Gasteiger charge is -2.15. The summed E-state index contributed by atoms with van der Waals surface area (Å²) >= 11 is 0. The number of rotatable bonds is 8. The van der Waals surface area contributed by atoms with E-state index in [1.807, 2.05) is 19.0 Å². The topological polar surface area (TPSA) is 73.2 Å². The van der Waals surface area contributed by atoms with E-state index in [0.717, 1.165) is 6.54 Å². The molecule has 0 fully saturated rings. The molecule has 0 aromatic rings. The average molecular weight is 207 g/mol. The summed E-state index contributed by atoms with van der Waals surface area (Å²) in [5, 5.41) is 26.8. The van der Waals surface area contributed by atoms with E-state index in [2.05, 4.69) is 0 Å². The van der Waals surface area contributed by atoms with Crippen molar-refractivity contribution in [1.82, 2.24) is 4.90 Å². The van der Waals surface area contributed by atoms with Crippen LogP contribution in [-0.2, 0) is 4.74 Å². The number of ether oxygens (including phenoxy) is 1. The van der Waals surface area contributed by atoms with Crippen molar-refractivity contribution in [3.05, 3.63) is 0 Å². The first-order valence-corrected chi connectivity index (χ1v) is 4.75.